The van der Waals surface area contributed by atoms with Crippen LogP contribution in [0, 0.1) is 11.8 Å². The maximum atomic E-state index is 12.6. The number of nitrogens with one attached hydrogen (secondary N) is 2. The average molecular weight is 477 g/mol. The highest BCUT2D eigenvalue weighted by molar-refractivity contribution is 5.79. The fourth-order valence-corrected chi connectivity index (χ4v) is 6.15. The molecule has 0 bridgehead atoms. The van der Waals surface area contributed by atoms with Gasteiger partial charge in [0.05, 0.1) is 5.92 Å². The molecule has 0 spiro atoms. The smallest absolute Gasteiger partial charge is 0.407 e. The summed E-state index contributed by atoms with van der Waals surface area (Å²) in [4.78, 5) is 36.4. The molecule has 0 radical (unpaired) electrons. The minimum absolute atomic E-state index is 0.0123. The predicted octanol–water partition coefficient (Wildman–Crippen LogP) is 4.45. The third-order valence-electron chi connectivity index (χ3n) is 7.86. The number of hydrogen-bond acceptors (Lipinski definition) is 4. The first-order chi connectivity index (χ1) is 17.0. The van der Waals surface area contributed by atoms with E-state index in [9.17, 15) is 19.5 Å². The number of carbonyl (C=O) groups is 3. The second kappa shape index (κ2) is 10.1. The highest BCUT2D eigenvalue weighted by Gasteiger charge is 2.35. The maximum Gasteiger partial charge on any atom is 0.407 e. The number of rotatable bonds is 7. The van der Waals surface area contributed by atoms with Crippen LogP contribution in [0.1, 0.15) is 62.0 Å². The van der Waals surface area contributed by atoms with Gasteiger partial charge in [-0.1, -0.05) is 55.0 Å². The molecule has 2 saturated carbocycles. The van der Waals surface area contributed by atoms with Crippen molar-refractivity contribution in [1.29, 1.82) is 0 Å². The van der Waals surface area contributed by atoms with Crippen LogP contribution in [0.2, 0.25) is 0 Å². The van der Waals surface area contributed by atoms with E-state index < -0.39 is 18.0 Å². The van der Waals surface area contributed by atoms with E-state index in [1.54, 1.807) is 0 Å². The van der Waals surface area contributed by atoms with Crippen molar-refractivity contribution in [3.63, 3.8) is 0 Å². The lowest BCUT2D eigenvalue weighted by Gasteiger charge is -2.19. The van der Waals surface area contributed by atoms with Crippen LogP contribution < -0.4 is 10.6 Å². The zero-order valence-electron chi connectivity index (χ0n) is 19.7. The third-order valence-corrected chi connectivity index (χ3v) is 7.86. The molecular formula is C28H32N2O5. The maximum absolute atomic E-state index is 12.6. The Kier molecular flexibility index (Phi) is 6.75. The molecule has 3 N–H and O–H groups in total. The Bertz CT molecular complexity index is 1070. The summed E-state index contributed by atoms with van der Waals surface area (Å²) in [6, 6.07) is 16.2. The fourth-order valence-electron chi connectivity index (χ4n) is 6.15. The Morgan fingerprint density at radius 2 is 1.57 bits per heavy atom. The number of amides is 2. The first-order valence-corrected chi connectivity index (χ1v) is 12.6. The van der Waals surface area contributed by atoms with Crippen LogP contribution in [-0.2, 0) is 14.3 Å². The van der Waals surface area contributed by atoms with Crippen molar-refractivity contribution in [1.82, 2.24) is 10.6 Å². The molecule has 3 aliphatic carbocycles. The number of carboxylic acid groups (broad SMARTS) is 1. The molecule has 184 valence electrons. The summed E-state index contributed by atoms with van der Waals surface area (Å²) in [5.74, 6) is -1.20. The van der Waals surface area contributed by atoms with Crippen LogP contribution in [0.5, 0.6) is 0 Å². The first-order valence-electron chi connectivity index (χ1n) is 12.6. The molecule has 35 heavy (non-hydrogen) atoms. The molecule has 4 atom stereocenters. The second-order valence-corrected chi connectivity index (χ2v) is 10.1. The molecule has 3 aliphatic rings. The lowest BCUT2D eigenvalue weighted by molar-refractivity contribution is -0.142. The van der Waals surface area contributed by atoms with Gasteiger partial charge in [-0.3, -0.25) is 9.59 Å². The lowest BCUT2D eigenvalue weighted by atomic mass is 9.98. The van der Waals surface area contributed by atoms with Crippen molar-refractivity contribution in [2.75, 3.05) is 6.61 Å². The highest BCUT2D eigenvalue weighted by atomic mass is 16.5. The Morgan fingerprint density at radius 3 is 2.26 bits per heavy atom. The zero-order valence-corrected chi connectivity index (χ0v) is 19.7. The summed E-state index contributed by atoms with van der Waals surface area (Å²) in [6.07, 6.45) is 4.51. The molecule has 0 aromatic heterocycles. The van der Waals surface area contributed by atoms with Gasteiger partial charge >= 0.3 is 12.1 Å². The van der Waals surface area contributed by atoms with Crippen LogP contribution in [0.3, 0.4) is 0 Å². The van der Waals surface area contributed by atoms with Crippen molar-refractivity contribution < 1.29 is 24.2 Å². The number of carbonyl (C=O) groups excluding carboxylic acids is 2. The number of benzene rings is 2. The van der Waals surface area contributed by atoms with Crippen molar-refractivity contribution in [3.8, 4) is 11.1 Å². The summed E-state index contributed by atoms with van der Waals surface area (Å²) < 4.78 is 5.66. The molecule has 0 saturated heterocycles. The van der Waals surface area contributed by atoms with Gasteiger partial charge in [0, 0.05) is 24.4 Å². The molecule has 2 amide bonds. The van der Waals surface area contributed by atoms with E-state index in [1.807, 2.05) is 24.3 Å². The number of ether oxygens (including phenoxy) is 1. The van der Waals surface area contributed by atoms with Crippen LogP contribution in [0.25, 0.3) is 11.1 Å². The lowest BCUT2D eigenvalue weighted by Crippen LogP contribution is -2.40. The Labute approximate surface area is 205 Å². The quantitative estimate of drug-likeness (QED) is 0.548. The van der Waals surface area contributed by atoms with Gasteiger partial charge in [0.25, 0.3) is 0 Å². The van der Waals surface area contributed by atoms with E-state index in [1.165, 1.54) is 22.3 Å². The van der Waals surface area contributed by atoms with E-state index in [4.69, 9.17) is 4.74 Å². The number of fused-ring (bicyclic) bond motifs is 3. The molecule has 0 heterocycles. The van der Waals surface area contributed by atoms with E-state index >= 15 is 0 Å². The summed E-state index contributed by atoms with van der Waals surface area (Å²) in [6.45, 7) is 0.282. The SMILES string of the molecule is O=C(CC1CCC(NC(=O)OCC2c3ccccc3-c3ccccc32)C1)NC1CCCC1C(=O)O. The van der Waals surface area contributed by atoms with Crippen LogP contribution in [0.4, 0.5) is 4.79 Å². The van der Waals surface area contributed by atoms with E-state index in [-0.39, 0.29) is 36.4 Å². The van der Waals surface area contributed by atoms with Crippen LogP contribution >= 0.6 is 0 Å². The van der Waals surface area contributed by atoms with Crippen LogP contribution in [-0.4, -0.2) is 41.8 Å². The minimum atomic E-state index is -0.832. The zero-order chi connectivity index (χ0) is 24.4. The van der Waals surface area contributed by atoms with Crippen LogP contribution in [0.15, 0.2) is 48.5 Å². The number of hydrogen-bond donors (Lipinski definition) is 3. The fraction of sp³-hybridized carbons (Fsp3) is 0.464. The number of carboxylic acids is 1. The molecule has 7 heteroatoms. The molecule has 2 aromatic carbocycles. The predicted molar refractivity (Wildman–Crippen MR) is 131 cm³/mol. The van der Waals surface area contributed by atoms with E-state index in [0.717, 1.165) is 32.1 Å². The topological polar surface area (TPSA) is 105 Å². The first kappa shape index (κ1) is 23.4. The van der Waals surface area contributed by atoms with Gasteiger partial charge in [0.1, 0.15) is 6.61 Å². The molecule has 4 unspecified atom stereocenters. The number of alkyl carbamates (subject to hydrolysis) is 1. The molecule has 2 aromatic rings. The third kappa shape index (κ3) is 5.04. The second-order valence-electron chi connectivity index (χ2n) is 10.1. The molecule has 7 nitrogen and oxygen atoms in total. The summed E-state index contributed by atoms with van der Waals surface area (Å²) in [5.41, 5.74) is 4.75. The van der Waals surface area contributed by atoms with Gasteiger partial charge in [-0.2, -0.15) is 0 Å². The van der Waals surface area contributed by atoms with Crippen molar-refractivity contribution in [3.05, 3.63) is 59.7 Å². The Balaban J connectivity index is 1.09. The highest BCUT2D eigenvalue weighted by Crippen LogP contribution is 2.44. The standard InChI is InChI=1S/C28H32N2O5/c31-26(30-25-11-5-10-23(25)27(32)33)15-17-12-13-18(14-17)29-28(34)35-16-24-21-8-3-1-6-19(21)20-7-2-4-9-22(20)24/h1-4,6-9,17-18,23-25H,5,10-16H2,(H,29,34)(H,30,31)(H,32,33). The number of aliphatic carboxylic acids is 1. The average Bonchev–Trinajstić information content (AvgIpc) is 3.56. The van der Waals surface area contributed by atoms with Gasteiger partial charge in [-0.05, 0) is 60.3 Å². The normalized spacial score (nSPS) is 25.0. The minimum Gasteiger partial charge on any atom is -0.481 e. The van der Waals surface area contributed by atoms with Gasteiger partial charge in [0.15, 0.2) is 0 Å². The van der Waals surface area contributed by atoms with Gasteiger partial charge in [-0.25, -0.2) is 4.79 Å². The van der Waals surface area contributed by atoms with Crippen molar-refractivity contribution in [2.24, 2.45) is 11.8 Å². The van der Waals surface area contributed by atoms with E-state index in [2.05, 4.69) is 34.9 Å². The summed E-state index contributed by atoms with van der Waals surface area (Å²) in [7, 11) is 0. The van der Waals surface area contributed by atoms with Gasteiger partial charge < -0.3 is 20.5 Å². The van der Waals surface area contributed by atoms with E-state index in [0.29, 0.717) is 12.8 Å². The van der Waals surface area contributed by atoms with Gasteiger partial charge in [-0.15, -0.1) is 0 Å². The van der Waals surface area contributed by atoms with Crippen molar-refractivity contribution in [2.45, 2.75) is 62.9 Å². The van der Waals surface area contributed by atoms with Gasteiger partial charge in [0.2, 0.25) is 5.91 Å². The monoisotopic (exact) mass is 476 g/mol. The molecule has 2 fully saturated rings. The van der Waals surface area contributed by atoms with Crippen molar-refractivity contribution >= 4 is 18.0 Å². The summed E-state index contributed by atoms with van der Waals surface area (Å²) in [5, 5.41) is 15.2. The largest absolute Gasteiger partial charge is 0.481 e. The summed E-state index contributed by atoms with van der Waals surface area (Å²) >= 11 is 0. The molecule has 0 aliphatic heterocycles. The molecular weight excluding hydrogens is 444 g/mol. The Hall–Kier alpha value is -3.35. The molecule has 5 rings (SSSR count). The Morgan fingerprint density at radius 1 is 0.886 bits per heavy atom.